The summed E-state index contributed by atoms with van der Waals surface area (Å²) in [5.41, 5.74) is 6.51. The Hall–Kier alpha value is -1.28. The second kappa shape index (κ2) is 3.23. The van der Waals surface area contributed by atoms with Crippen molar-refractivity contribution >= 4 is 0 Å². The summed E-state index contributed by atoms with van der Waals surface area (Å²) in [6, 6.07) is 6.41. The van der Waals surface area contributed by atoms with Gasteiger partial charge in [-0.05, 0) is 31.1 Å². The summed E-state index contributed by atoms with van der Waals surface area (Å²) in [7, 11) is 0. The first-order chi connectivity index (χ1) is 6.27. The molecule has 1 aromatic rings. The van der Waals surface area contributed by atoms with Crippen LogP contribution in [0.1, 0.15) is 22.8 Å². The first-order valence-corrected chi connectivity index (χ1v) is 4.42. The predicted octanol–water partition coefficient (Wildman–Crippen LogP) is 2.39. The number of rotatable bonds is 1. The third-order valence-corrected chi connectivity index (χ3v) is 2.28. The molecule has 1 N–H and O–H groups in total. The van der Waals surface area contributed by atoms with E-state index in [1.165, 1.54) is 16.7 Å². The van der Waals surface area contributed by atoms with Crippen LogP contribution in [-0.4, -0.2) is 0 Å². The first-order valence-electron chi connectivity index (χ1n) is 4.42. The molecule has 1 heterocycles. The fourth-order valence-electron chi connectivity index (χ4n) is 1.51. The summed E-state index contributed by atoms with van der Waals surface area (Å²) in [5.74, 6) is 0. The molecule has 13 heavy (non-hydrogen) atoms. The number of hydrogen-bond acceptors (Lipinski definition) is 2. The van der Waals surface area contributed by atoms with Gasteiger partial charge in [0.05, 0.1) is 0 Å². The van der Waals surface area contributed by atoms with E-state index in [0.29, 0.717) is 0 Å². The number of aryl methyl sites for hydroxylation is 2. The van der Waals surface area contributed by atoms with Gasteiger partial charge in [-0.3, -0.25) is 10.3 Å². The summed E-state index contributed by atoms with van der Waals surface area (Å²) in [5, 5.41) is 0. The van der Waals surface area contributed by atoms with E-state index in [4.69, 9.17) is 4.84 Å². The SMILES string of the molecule is Cc1ccc(C)c(C2C=CNO2)c1. The van der Waals surface area contributed by atoms with Crippen LogP contribution in [0.4, 0.5) is 0 Å². The van der Waals surface area contributed by atoms with E-state index in [1.54, 1.807) is 0 Å². The molecule has 0 aromatic heterocycles. The lowest BCUT2D eigenvalue weighted by Crippen LogP contribution is -2.05. The van der Waals surface area contributed by atoms with E-state index in [9.17, 15) is 0 Å². The standard InChI is InChI=1S/C11H13NO/c1-8-3-4-9(2)10(7-8)11-5-6-12-13-11/h3-7,11-12H,1-2H3. The molecule has 1 aliphatic heterocycles. The summed E-state index contributed by atoms with van der Waals surface area (Å²) < 4.78 is 0. The van der Waals surface area contributed by atoms with Crippen LogP contribution in [0, 0.1) is 13.8 Å². The molecule has 0 saturated carbocycles. The van der Waals surface area contributed by atoms with Crippen LogP contribution in [-0.2, 0) is 4.84 Å². The van der Waals surface area contributed by atoms with Gasteiger partial charge >= 0.3 is 0 Å². The lowest BCUT2D eigenvalue weighted by atomic mass is 10.0. The molecule has 0 aliphatic carbocycles. The van der Waals surface area contributed by atoms with Crippen LogP contribution >= 0.6 is 0 Å². The van der Waals surface area contributed by atoms with Crippen molar-refractivity contribution in [3.8, 4) is 0 Å². The molecule has 0 fully saturated rings. The third kappa shape index (κ3) is 1.58. The maximum Gasteiger partial charge on any atom is 0.131 e. The lowest BCUT2D eigenvalue weighted by Gasteiger charge is -2.11. The number of nitrogens with one attached hydrogen (secondary N) is 1. The van der Waals surface area contributed by atoms with Crippen molar-refractivity contribution in [1.82, 2.24) is 5.48 Å². The molecule has 0 saturated heterocycles. The third-order valence-electron chi connectivity index (χ3n) is 2.28. The van der Waals surface area contributed by atoms with Crippen LogP contribution in [0.15, 0.2) is 30.5 Å². The van der Waals surface area contributed by atoms with E-state index >= 15 is 0 Å². The Kier molecular flexibility index (Phi) is 2.07. The van der Waals surface area contributed by atoms with Crippen molar-refractivity contribution in [3.05, 3.63) is 47.2 Å². The highest BCUT2D eigenvalue weighted by Crippen LogP contribution is 2.24. The molecule has 1 atom stereocenters. The molecular weight excluding hydrogens is 162 g/mol. The normalized spacial score (nSPS) is 20.3. The van der Waals surface area contributed by atoms with E-state index in [1.807, 2.05) is 12.3 Å². The number of hydroxylamine groups is 1. The summed E-state index contributed by atoms with van der Waals surface area (Å²) in [6.07, 6.45) is 3.91. The van der Waals surface area contributed by atoms with Gasteiger partial charge in [-0.25, -0.2) is 0 Å². The van der Waals surface area contributed by atoms with Gasteiger partial charge in [0, 0.05) is 6.20 Å². The Labute approximate surface area is 78.2 Å². The van der Waals surface area contributed by atoms with Crippen molar-refractivity contribution in [1.29, 1.82) is 0 Å². The zero-order valence-corrected chi connectivity index (χ0v) is 7.87. The predicted molar refractivity (Wildman–Crippen MR) is 52.0 cm³/mol. The Balaban J connectivity index is 2.37. The molecule has 68 valence electrons. The molecule has 1 aliphatic rings. The topological polar surface area (TPSA) is 21.3 Å². The molecular formula is C11H13NO. The summed E-state index contributed by atoms with van der Waals surface area (Å²) in [4.78, 5) is 5.31. The zero-order valence-electron chi connectivity index (χ0n) is 7.87. The van der Waals surface area contributed by atoms with Gasteiger partial charge in [0.2, 0.25) is 0 Å². The average Bonchev–Trinajstić information content (AvgIpc) is 2.61. The smallest absolute Gasteiger partial charge is 0.131 e. The Bertz CT molecular complexity index is 344. The minimum Gasteiger partial charge on any atom is -0.274 e. The monoisotopic (exact) mass is 175 g/mol. The van der Waals surface area contributed by atoms with Crippen LogP contribution in [0.3, 0.4) is 0 Å². The fraction of sp³-hybridized carbons (Fsp3) is 0.273. The highest BCUT2D eigenvalue weighted by atomic mass is 16.7. The molecule has 1 unspecified atom stereocenters. The van der Waals surface area contributed by atoms with E-state index in [2.05, 4.69) is 37.5 Å². The van der Waals surface area contributed by atoms with Crippen LogP contribution in [0.2, 0.25) is 0 Å². The van der Waals surface area contributed by atoms with Crippen molar-refractivity contribution in [3.63, 3.8) is 0 Å². The van der Waals surface area contributed by atoms with E-state index in [-0.39, 0.29) is 6.10 Å². The van der Waals surface area contributed by atoms with Crippen molar-refractivity contribution < 1.29 is 4.84 Å². The Morgan fingerprint density at radius 1 is 1.31 bits per heavy atom. The molecule has 1 aromatic carbocycles. The van der Waals surface area contributed by atoms with E-state index < -0.39 is 0 Å². The molecule has 0 amide bonds. The first kappa shape index (κ1) is 8.32. The van der Waals surface area contributed by atoms with Gasteiger partial charge in [-0.1, -0.05) is 23.8 Å². The average molecular weight is 175 g/mol. The van der Waals surface area contributed by atoms with Gasteiger partial charge in [0.1, 0.15) is 6.10 Å². The van der Waals surface area contributed by atoms with Gasteiger partial charge in [0.15, 0.2) is 0 Å². The van der Waals surface area contributed by atoms with Crippen molar-refractivity contribution in [2.75, 3.05) is 0 Å². The molecule has 0 spiro atoms. The molecule has 0 bridgehead atoms. The summed E-state index contributed by atoms with van der Waals surface area (Å²) >= 11 is 0. The molecule has 2 nitrogen and oxygen atoms in total. The minimum absolute atomic E-state index is 0.0694. The van der Waals surface area contributed by atoms with Crippen LogP contribution in [0.25, 0.3) is 0 Å². The number of hydrogen-bond donors (Lipinski definition) is 1. The van der Waals surface area contributed by atoms with Gasteiger partial charge < -0.3 is 0 Å². The highest BCUT2D eigenvalue weighted by Gasteiger charge is 2.14. The Morgan fingerprint density at radius 2 is 2.15 bits per heavy atom. The number of benzene rings is 1. The van der Waals surface area contributed by atoms with Gasteiger partial charge in [-0.15, -0.1) is 0 Å². The van der Waals surface area contributed by atoms with Gasteiger partial charge in [0.25, 0.3) is 0 Å². The van der Waals surface area contributed by atoms with Crippen molar-refractivity contribution in [2.24, 2.45) is 0 Å². The van der Waals surface area contributed by atoms with Crippen LogP contribution in [0.5, 0.6) is 0 Å². The lowest BCUT2D eigenvalue weighted by molar-refractivity contribution is 0.0466. The van der Waals surface area contributed by atoms with Crippen LogP contribution < -0.4 is 5.48 Å². The van der Waals surface area contributed by atoms with Crippen molar-refractivity contribution in [2.45, 2.75) is 20.0 Å². The molecule has 2 rings (SSSR count). The summed E-state index contributed by atoms with van der Waals surface area (Å²) in [6.45, 7) is 4.19. The maximum atomic E-state index is 5.31. The zero-order chi connectivity index (χ0) is 9.26. The van der Waals surface area contributed by atoms with E-state index in [0.717, 1.165) is 0 Å². The second-order valence-corrected chi connectivity index (χ2v) is 3.38. The quantitative estimate of drug-likeness (QED) is 0.707. The second-order valence-electron chi connectivity index (χ2n) is 3.38. The largest absolute Gasteiger partial charge is 0.274 e. The molecule has 0 radical (unpaired) electrons. The highest BCUT2D eigenvalue weighted by molar-refractivity contribution is 5.34. The maximum absolute atomic E-state index is 5.31. The molecule has 2 heteroatoms. The van der Waals surface area contributed by atoms with Gasteiger partial charge in [-0.2, -0.15) is 0 Å². The Morgan fingerprint density at radius 3 is 2.85 bits per heavy atom. The fourth-order valence-corrected chi connectivity index (χ4v) is 1.51. The minimum atomic E-state index is 0.0694.